The maximum Gasteiger partial charge on any atom is 0.144 e. The molecule has 0 bridgehead atoms. The van der Waals surface area contributed by atoms with Crippen molar-refractivity contribution in [1.29, 1.82) is 0 Å². The highest BCUT2D eigenvalue weighted by molar-refractivity contribution is 6.28. The van der Waals surface area contributed by atoms with Crippen LogP contribution in [-0.4, -0.2) is 5.71 Å². The second-order valence-electron chi connectivity index (χ2n) is 15.0. The number of benzene rings is 9. The molecular weight excluding hydrogens is 695 g/mol. The molecule has 0 atom stereocenters. The third kappa shape index (κ3) is 5.02. The fourth-order valence-corrected chi connectivity index (χ4v) is 9.00. The smallest absolute Gasteiger partial charge is 0.144 e. The molecule has 1 aliphatic rings. The third-order valence-electron chi connectivity index (χ3n) is 11.7. The predicted molar refractivity (Wildman–Crippen MR) is 239 cm³/mol. The number of allylic oxidation sites excluding steroid dienone is 3. The summed E-state index contributed by atoms with van der Waals surface area (Å²) < 4.78 is 13.7. The van der Waals surface area contributed by atoms with Crippen LogP contribution in [0.3, 0.4) is 0 Å². The summed E-state index contributed by atoms with van der Waals surface area (Å²) in [5, 5.41) is 11.5. The Morgan fingerprint density at radius 1 is 0.421 bits per heavy atom. The summed E-state index contributed by atoms with van der Waals surface area (Å²) in [6, 6.07) is 62.4. The molecule has 0 fully saturated rings. The van der Waals surface area contributed by atoms with E-state index >= 15 is 0 Å². The van der Waals surface area contributed by atoms with Crippen LogP contribution < -0.4 is 0 Å². The van der Waals surface area contributed by atoms with Gasteiger partial charge in [0, 0.05) is 43.8 Å². The monoisotopic (exact) mass is 727 g/mol. The van der Waals surface area contributed by atoms with Crippen molar-refractivity contribution < 1.29 is 8.83 Å². The van der Waals surface area contributed by atoms with E-state index in [2.05, 4.69) is 170 Å². The van der Waals surface area contributed by atoms with E-state index in [9.17, 15) is 0 Å². The minimum absolute atomic E-state index is 0.743. The minimum atomic E-state index is 0.743. The fraction of sp³-hybridized carbons (Fsp3) is 0.0185. The Kier molecular flexibility index (Phi) is 6.99. The molecule has 9 aromatic carbocycles. The van der Waals surface area contributed by atoms with Crippen molar-refractivity contribution in [1.82, 2.24) is 0 Å². The molecule has 2 aromatic heterocycles. The van der Waals surface area contributed by atoms with E-state index in [4.69, 9.17) is 13.8 Å². The zero-order valence-corrected chi connectivity index (χ0v) is 30.9. The maximum atomic E-state index is 6.95. The molecular formula is C54H33NO2. The number of aliphatic imine (C=N–C) groups is 1. The Balaban J connectivity index is 1.13. The molecule has 0 N–H and O–H groups in total. The van der Waals surface area contributed by atoms with E-state index in [1.54, 1.807) is 0 Å². The minimum Gasteiger partial charge on any atom is -0.455 e. The lowest BCUT2D eigenvalue weighted by Gasteiger charge is -2.13. The summed E-state index contributed by atoms with van der Waals surface area (Å²) in [5.74, 6) is 0. The largest absolute Gasteiger partial charge is 0.455 e. The van der Waals surface area contributed by atoms with Gasteiger partial charge >= 0.3 is 0 Å². The molecule has 0 aliphatic carbocycles. The Bertz CT molecular complexity index is 3540. The lowest BCUT2D eigenvalue weighted by Crippen LogP contribution is -2.00. The summed E-state index contributed by atoms with van der Waals surface area (Å²) in [7, 11) is 0. The van der Waals surface area contributed by atoms with Gasteiger partial charge < -0.3 is 8.83 Å². The van der Waals surface area contributed by atoms with Gasteiger partial charge in [-0.2, -0.15) is 0 Å². The van der Waals surface area contributed by atoms with Gasteiger partial charge in [0.1, 0.15) is 22.3 Å². The maximum absolute atomic E-state index is 6.95. The topological polar surface area (TPSA) is 38.6 Å². The normalized spacial score (nSPS) is 13.5. The molecule has 3 nitrogen and oxygen atoms in total. The van der Waals surface area contributed by atoms with Crippen molar-refractivity contribution in [2.24, 2.45) is 4.99 Å². The van der Waals surface area contributed by atoms with Crippen LogP contribution in [0.2, 0.25) is 0 Å². The Hall–Kier alpha value is -7.49. The average molecular weight is 728 g/mol. The summed E-state index contributed by atoms with van der Waals surface area (Å²) >= 11 is 0. The summed E-state index contributed by atoms with van der Waals surface area (Å²) in [4.78, 5) is 5.59. The van der Waals surface area contributed by atoms with E-state index in [1.807, 2.05) is 18.2 Å². The highest BCUT2D eigenvalue weighted by atomic mass is 16.3. The van der Waals surface area contributed by atoms with Gasteiger partial charge in [-0.15, -0.1) is 0 Å². The highest BCUT2D eigenvalue weighted by Gasteiger charge is 2.24. The molecule has 57 heavy (non-hydrogen) atoms. The highest BCUT2D eigenvalue weighted by Crippen LogP contribution is 2.46. The van der Waals surface area contributed by atoms with Gasteiger partial charge in [0.25, 0.3) is 0 Å². The standard InChI is InChI=1S/C54H33NO2/c1-2-12-33(13-3-1)36-26-29-47(38-25-24-35-23-22-34-14-4-6-16-39(34)45(35)31-38)55-48(32-36)42-27-28-44(53-52(42)43-19-9-11-21-50(43)57-53)51-40-17-7-5-15-37(40)30-46-41-18-8-10-20-49(41)56-54(46)51/h1-25,27-32H,26H2. The van der Waals surface area contributed by atoms with Gasteiger partial charge in [-0.3, -0.25) is 0 Å². The molecule has 0 radical (unpaired) electrons. The first-order chi connectivity index (χ1) is 28.2. The number of rotatable bonds is 4. The summed E-state index contributed by atoms with van der Waals surface area (Å²) in [5.41, 5.74) is 11.7. The molecule has 1 aliphatic heterocycles. The quantitative estimate of drug-likeness (QED) is 0.169. The number of fused-ring (bicyclic) bond motifs is 10. The van der Waals surface area contributed by atoms with Crippen LogP contribution in [0.15, 0.2) is 202 Å². The van der Waals surface area contributed by atoms with Crippen LogP contribution in [0.1, 0.15) is 23.1 Å². The number of nitrogens with zero attached hydrogens (tertiary/aromatic N) is 1. The lowest BCUT2D eigenvalue weighted by molar-refractivity contribution is 0.665. The first-order valence-corrected chi connectivity index (χ1v) is 19.5. The molecule has 11 aromatic rings. The summed E-state index contributed by atoms with van der Waals surface area (Å²) in [6.07, 6.45) is 5.31. The number of para-hydroxylation sites is 2. The zero-order chi connectivity index (χ0) is 37.5. The van der Waals surface area contributed by atoms with E-state index in [1.165, 1.54) is 32.7 Å². The molecule has 3 heteroatoms. The molecule has 0 unspecified atom stereocenters. The van der Waals surface area contributed by atoms with Gasteiger partial charge in [-0.1, -0.05) is 152 Å². The van der Waals surface area contributed by atoms with Crippen LogP contribution in [-0.2, 0) is 0 Å². The molecule has 0 saturated heterocycles. The average Bonchev–Trinajstić information content (AvgIpc) is 3.76. The molecule has 0 amide bonds. The molecule has 266 valence electrons. The second kappa shape index (κ2) is 12.5. The van der Waals surface area contributed by atoms with Crippen molar-refractivity contribution in [3.63, 3.8) is 0 Å². The van der Waals surface area contributed by atoms with Gasteiger partial charge in [0.15, 0.2) is 0 Å². The van der Waals surface area contributed by atoms with Crippen molar-refractivity contribution in [3.05, 3.63) is 205 Å². The first kappa shape index (κ1) is 31.8. The van der Waals surface area contributed by atoms with Gasteiger partial charge in [-0.05, 0) is 86.3 Å². The van der Waals surface area contributed by atoms with Crippen LogP contribution >= 0.6 is 0 Å². The number of furan rings is 2. The van der Waals surface area contributed by atoms with Gasteiger partial charge in [0.05, 0.1) is 11.4 Å². The summed E-state index contributed by atoms with van der Waals surface area (Å²) in [6.45, 7) is 0. The number of hydrogen-bond donors (Lipinski definition) is 0. The third-order valence-corrected chi connectivity index (χ3v) is 11.7. The van der Waals surface area contributed by atoms with Crippen LogP contribution in [0, 0.1) is 0 Å². The molecule has 3 heterocycles. The zero-order valence-electron chi connectivity index (χ0n) is 30.9. The van der Waals surface area contributed by atoms with Gasteiger partial charge in [0.2, 0.25) is 0 Å². The SMILES string of the molecule is C1=C(c2ccccc2)CC=C(c2ccc3ccc4ccccc4c3c2)N=C1c1ccc(-c2c3ccccc3cc3c2oc2ccccc23)c2oc3ccccc3c12. The number of hydrogen-bond acceptors (Lipinski definition) is 3. The predicted octanol–water partition coefficient (Wildman–Crippen LogP) is 14.9. The fourth-order valence-electron chi connectivity index (χ4n) is 9.00. The van der Waals surface area contributed by atoms with Crippen LogP contribution in [0.25, 0.3) is 98.6 Å². The Morgan fingerprint density at radius 2 is 1.05 bits per heavy atom. The Morgan fingerprint density at radius 3 is 1.89 bits per heavy atom. The van der Waals surface area contributed by atoms with Crippen molar-refractivity contribution in [2.75, 3.05) is 0 Å². The van der Waals surface area contributed by atoms with Crippen molar-refractivity contribution in [3.8, 4) is 11.1 Å². The van der Waals surface area contributed by atoms with Crippen LogP contribution in [0.4, 0.5) is 0 Å². The van der Waals surface area contributed by atoms with Crippen molar-refractivity contribution in [2.45, 2.75) is 6.42 Å². The molecule has 0 spiro atoms. The molecule has 0 saturated carbocycles. The van der Waals surface area contributed by atoms with Gasteiger partial charge in [-0.25, -0.2) is 4.99 Å². The van der Waals surface area contributed by atoms with Crippen LogP contribution in [0.5, 0.6) is 0 Å². The lowest BCUT2D eigenvalue weighted by atomic mass is 9.91. The Labute approximate surface area is 328 Å². The van der Waals surface area contributed by atoms with Crippen molar-refractivity contribution >= 4 is 93.2 Å². The van der Waals surface area contributed by atoms with E-state index in [0.717, 1.165) is 94.7 Å². The molecule has 12 rings (SSSR count). The second-order valence-corrected chi connectivity index (χ2v) is 15.0. The van der Waals surface area contributed by atoms with E-state index in [-0.39, 0.29) is 0 Å². The van der Waals surface area contributed by atoms with E-state index < -0.39 is 0 Å². The first-order valence-electron chi connectivity index (χ1n) is 19.5. The van der Waals surface area contributed by atoms with E-state index in [0.29, 0.717) is 0 Å².